The Hall–Kier alpha value is -0.830. The summed E-state index contributed by atoms with van der Waals surface area (Å²) in [5, 5.41) is 0. The number of benzene rings is 1. The van der Waals surface area contributed by atoms with Crippen molar-refractivity contribution < 1.29 is 4.79 Å². The molecule has 0 spiro atoms. The first-order valence-electron chi connectivity index (χ1n) is 5.71. The van der Waals surface area contributed by atoms with E-state index in [2.05, 4.69) is 22.9 Å². The Morgan fingerprint density at radius 1 is 1.38 bits per heavy atom. The Bertz CT molecular complexity index is 383. The summed E-state index contributed by atoms with van der Waals surface area (Å²) < 4.78 is 0.962. The number of rotatable bonds is 1. The minimum absolute atomic E-state index is 0.160. The topological polar surface area (TPSA) is 20.3 Å². The van der Waals surface area contributed by atoms with Crippen LogP contribution in [0.2, 0.25) is 0 Å². The van der Waals surface area contributed by atoms with Gasteiger partial charge in [-0.05, 0) is 37.0 Å². The zero-order chi connectivity index (χ0) is 11.5. The molecule has 0 saturated carbocycles. The number of likely N-dealkylation sites (tertiary alicyclic amines) is 1. The molecule has 1 saturated heterocycles. The lowest BCUT2D eigenvalue weighted by Gasteiger charge is -2.30. The van der Waals surface area contributed by atoms with Crippen LogP contribution >= 0.6 is 15.9 Å². The Balaban J connectivity index is 2.08. The maximum atomic E-state index is 12.2. The molecule has 0 radical (unpaired) electrons. The number of nitrogens with zero attached hydrogens (tertiary/aromatic N) is 1. The van der Waals surface area contributed by atoms with E-state index in [4.69, 9.17) is 0 Å². The zero-order valence-electron chi connectivity index (χ0n) is 9.45. The lowest BCUT2D eigenvalue weighted by atomic mass is 9.98. The minimum atomic E-state index is 0.160. The van der Waals surface area contributed by atoms with Crippen LogP contribution in [-0.4, -0.2) is 23.9 Å². The van der Waals surface area contributed by atoms with Gasteiger partial charge in [0.2, 0.25) is 0 Å². The van der Waals surface area contributed by atoms with E-state index in [0.717, 1.165) is 41.9 Å². The van der Waals surface area contributed by atoms with E-state index >= 15 is 0 Å². The molecule has 1 aliphatic rings. The van der Waals surface area contributed by atoms with Crippen LogP contribution in [0.3, 0.4) is 0 Å². The highest BCUT2D eigenvalue weighted by Gasteiger charge is 2.21. The van der Waals surface area contributed by atoms with Crippen molar-refractivity contribution >= 4 is 21.8 Å². The molecule has 1 heterocycles. The third kappa shape index (κ3) is 2.64. The first-order valence-corrected chi connectivity index (χ1v) is 6.51. The summed E-state index contributed by atoms with van der Waals surface area (Å²) in [7, 11) is 0. The molecule has 2 rings (SSSR count). The number of halogens is 1. The minimum Gasteiger partial charge on any atom is -0.339 e. The number of hydrogen-bond donors (Lipinski definition) is 0. The lowest BCUT2D eigenvalue weighted by molar-refractivity contribution is 0.0697. The van der Waals surface area contributed by atoms with Gasteiger partial charge in [0.1, 0.15) is 0 Å². The van der Waals surface area contributed by atoms with E-state index in [0.29, 0.717) is 0 Å². The molecule has 0 atom stereocenters. The summed E-state index contributed by atoms with van der Waals surface area (Å²) in [6, 6.07) is 7.62. The van der Waals surface area contributed by atoms with Crippen LogP contribution in [0.15, 0.2) is 28.7 Å². The number of amides is 1. The second-order valence-corrected chi connectivity index (χ2v) is 5.40. The maximum Gasteiger partial charge on any atom is 0.253 e. The number of carbonyl (C=O) groups is 1. The number of piperidine rings is 1. The zero-order valence-corrected chi connectivity index (χ0v) is 11.0. The van der Waals surface area contributed by atoms with Crippen LogP contribution < -0.4 is 0 Å². The summed E-state index contributed by atoms with van der Waals surface area (Å²) >= 11 is 3.39. The van der Waals surface area contributed by atoms with E-state index in [1.807, 2.05) is 29.2 Å². The van der Waals surface area contributed by atoms with Gasteiger partial charge in [0, 0.05) is 23.1 Å². The summed E-state index contributed by atoms with van der Waals surface area (Å²) in [6.45, 7) is 4.04. The fourth-order valence-electron chi connectivity index (χ4n) is 2.02. The average Bonchev–Trinajstić information content (AvgIpc) is 2.29. The highest BCUT2D eigenvalue weighted by atomic mass is 79.9. The van der Waals surface area contributed by atoms with Crippen LogP contribution in [0.4, 0.5) is 0 Å². The van der Waals surface area contributed by atoms with Gasteiger partial charge < -0.3 is 4.90 Å². The standard InChI is InChI=1S/C13H16BrNO/c1-10-5-7-15(8-6-10)13(16)11-3-2-4-12(14)9-11/h2-4,9-10H,5-8H2,1H3. The molecule has 1 aliphatic heterocycles. The number of hydrogen-bond acceptors (Lipinski definition) is 1. The van der Waals surface area contributed by atoms with E-state index in [-0.39, 0.29) is 5.91 Å². The molecular weight excluding hydrogens is 266 g/mol. The van der Waals surface area contributed by atoms with Gasteiger partial charge in [0.15, 0.2) is 0 Å². The predicted molar refractivity (Wildman–Crippen MR) is 68.4 cm³/mol. The Labute approximate surface area is 105 Å². The second kappa shape index (κ2) is 5.00. The highest BCUT2D eigenvalue weighted by molar-refractivity contribution is 9.10. The van der Waals surface area contributed by atoms with Gasteiger partial charge in [-0.15, -0.1) is 0 Å². The molecule has 0 N–H and O–H groups in total. The molecule has 3 heteroatoms. The lowest BCUT2D eigenvalue weighted by Crippen LogP contribution is -2.37. The van der Waals surface area contributed by atoms with Crippen molar-refractivity contribution in [2.24, 2.45) is 5.92 Å². The third-order valence-electron chi connectivity index (χ3n) is 3.14. The van der Waals surface area contributed by atoms with Crippen LogP contribution in [0.25, 0.3) is 0 Å². The molecule has 1 aromatic carbocycles. The second-order valence-electron chi connectivity index (χ2n) is 4.49. The van der Waals surface area contributed by atoms with Crippen LogP contribution in [0.5, 0.6) is 0 Å². The van der Waals surface area contributed by atoms with Gasteiger partial charge in [0.25, 0.3) is 5.91 Å². The molecular formula is C13H16BrNO. The molecule has 86 valence electrons. The fraction of sp³-hybridized carbons (Fsp3) is 0.462. The van der Waals surface area contributed by atoms with E-state index in [1.165, 1.54) is 0 Å². The van der Waals surface area contributed by atoms with Crippen molar-refractivity contribution in [2.45, 2.75) is 19.8 Å². The first-order chi connectivity index (χ1) is 7.66. The molecule has 0 bridgehead atoms. The van der Waals surface area contributed by atoms with Crippen LogP contribution in [-0.2, 0) is 0 Å². The first kappa shape index (κ1) is 11.6. The molecule has 2 nitrogen and oxygen atoms in total. The Morgan fingerprint density at radius 2 is 2.06 bits per heavy atom. The van der Waals surface area contributed by atoms with Crippen molar-refractivity contribution in [2.75, 3.05) is 13.1 Å². The fourth-order valence-corrected chi connectivity index (χ4v) is 2.42. The summed E-state index contributed by atoms with van der Waals surface area (Å²) in [4.78, 5) is 14.1. The highest BCUT2D eigenvalue weighted by Crippen LogP contribution is 2.19. The normalized spacial score (nSPS) is 17.5. The maximum absolute atomic E-state index is 12.2. The van der Waals surface area contributed by atoms with Gasteiger partial charge in [0.05, 0.1) is 0 Å². The van der Waals surface area contributed by atoms with Gasteiger partial charge in [-0.1, -0.05) is 28.9 Å². The smallest absolute Gasteiger partial charge is 0.253 e. The molecule has 0 unspecified atom stereocenters. The van der Waals surface area contributed by atoms with Crippen molar-refractivity contribution in [3.8, 4) is 0 Å². The summed E-state index contributed by atoms with van der Waals surface area (Å²) in [5.74, 6) is 0.916. The van der Waals surface area contributed by atoms with Gasteiger partial charge >= 0.3 is 0 Å². The van der Waals surface area contributed by atoms with Crippen molar-refractivity contribution in [3.63, 3.8) is 0 Å². The monoisotopic (exact) mass is 281 g/mol. The van der Waals surface area contributed by atoms with Crippen molar-refractivity contribution in [1.82, 2.24) is 4.90 Å². The van der Waals surface area contributed by atoms with Crippen LogP contribution in [0.1, 0.15) is 30.1 Å². The largest absolute Gasteiger partial charge is 0.339 e. The average molecular weight is 282 g/mol. The van der Waals surface area contributed by atoms with E-state index in [9.17, 15) is 4.79 Å². The van der Waals surface area contributed by atoms with E-state index < -0.39 is 0 Å². The Morgan fingerprint density at radius 3 is 2.69 bits per heavy atom. The number of carbonyl (C=O) groups excluding carboxylic acids is 1. The molecule has 1 aromatic rings. The van der Waals surface area contributed by atoms with Gasteiger partial charge in [-0.2, -0.15) is 0 Å². The van der Waals surface area contributed by atoms with Crippen LogP contribution in [0, 0.1) is 5.92 Å². The summed E-state index contributed by atoms with van der Waals surface area (Å²) in [6.07, 6.45) is 2.25. The predicted octanol–water partition coefficient (Wildman–Crippen LogP) is 3.32. The third-order valence-corrected chi connectivity index (χ3v) is 3.64. The van der Waals surface area contributed by atoms with Gasteiger partial charge in [-0.25, -0.2) is 0 Å². The molecule has 1 amide bonds. The SMILES string of the molecule is CC1CCN(C(=O)c2cccc(Br)c2)CC1. The molecule has 0 aliphatic carbocycles. The summed E-state index contributed by atoms with van der Waals surface area (Å²) in [5.41, 5.74) is 0.781. The van der Waals surface area contributed by atoms with Crippen molar-refractivity contribution in [1.29, 1.82) is 0 Å². The quantitative estimate of drug-likeness (QED) is 0.773. The molecule has 0 aromatic heterocycles. The Kier molecular flexibility index (Phi) is 3.64. The van der Waals surface area contributed by atoms with E-state index in [1.54, 1.807) is 0 Å². The van der Waals surface area contributed by atoms with Gasteiger partial charge in [-0.3, -0.25) is 4.79 Å². The molecule has 1 fully saturated rings. The van der Waals surface area contributed by atoms with Crippen molar-refractivity contribution in [3.05, 3.63) is 34.3 Å². The molecule has 16 heavy (non-hydrogen) atoms.